The molecule has 0 aromatic rings. The highest BCUT2D eigenvalue weighted by atomic mass is 28.4. The van der Waals surface area contributed by atoms with Gasteiger partial charge in [0, 0.05) is 51.9 Å². The van der Waals surface area contributed by atoms with E-state index >= 15 is 0 Å². The molecule has 0 rings (SSSR count). The molecule has 0 saturated carbocycles. The van der Waals surface area contributed by atoms with Crippen LogP contribution in [0.4, 0.5) is 0 Å². The molecular weight excluding hydrogens is 412 g/mol. The van der Waals surface area contributed by atoms with E-state index in [-0.39, 0.29) is 0 Å². The van der Waals surface area contributed by atoms with Gasteiger partial charge in [-0.25, -0.2) is 0 Å². The van der Waals surface area contributed by atoms with Crippen LogP contribution in [0.15, 0.2) is 0 Å². The summed E-state index contributed by atoms with van der Waals surface area (Å²) >= 11 is 0. The summed E-state index contributed by atoms with van der Waals surface area (Å²) in [4.78, 5) is 46.8. The molecule has 0 bridgehead atoms. The van der Waals surface area contributed by atoms with Crippen molar-refractivity contribution < 1.29 is 36.9 Å². The molecule has 0 amide bonds. The average molecular weight is 449 g/mol. The van der Waals surface area contributed by atoms with Crippen LogP contribution in [0, 0.1) is 0 Å². The summed E-state index contributed by atoms with van der Waals surface area (Å²) in [5.41, 5.74) is 0. The van der Waals surface area contributed by atoms with Crippen molar-refractivity contribution in [1.82, 2.24) is 0 Å². The van der Waals surface area contributed by atoms with Gasteiger partial charge in [0.2, 0.25) is 0 Å². The van der Waals surface area contributed by atoms with Gasteiger partial charge in [-0.15, -0.1) is 0 Å². The highest BCUT2D eigenvalue weighted by Gasteiger charge is 2.47. The van der Waals surface area contributed by atoms with Crippen LogP contribution in [0.2, 0.25) is 24.2 Å². The number of carbonyl (C=O) groups excluding carboxylic acids is 4. The van der Waals surface area contributed by atoms with Crippen molar-refractivity contribution in [3.05, 3.63) is 0 Å². The molecular formula is C19H36O8Si2. The minimum atomic E-state index is -3.11. The van der Waals surface area contributed by atoms with Crippen LogP contribution in [0.25, 0.3) is 0 Å². The third-order valence-electron chi connectivity index (χ3n) is 4.26. The third-order valence-corrected chi connectivity index (χ3v) is 11.4. The van der Waals surface area contributed by atoms with Crippen LogP contribution >= 0.6 is 0 Å². The monoisotopic (exact) mass is 448 g/mol. The summed E-state index contributed by atoms with van der Waals surface area (Å²) in [5, 5.41) is 0. The van der Waals surface area contributed by atoms with Gasteiger partial charge in [-0.2, -0.15) is 0 Å². The Labute approximate surface area is 176 Å². The Bertz CT molecular complexity index is 484. The Hall–Kier alpha value is -1.69. The summed E-state index contributed by atoms with van der Waals surface area (Å²) < 4.78 is 22.3. The Morgan fingerprint density at radius 1 is 0.517 bits per heavy atom. The van der Waals surface area contributed by atoms with Gasteiger partial charge in [-0.05, 0) is 19.3 Å². The molecule has 0 unspecified atom stereocenters. The molecule has 0 aliphatic rings. The van der Waals surface area contributed by atoms with Gasteiger partial charge < -0.3 is 17.7 Å². The van der Waals surface area contributed by atoms with E-state index in [9.17, 15) is 19.2 Å². The molecule has 8 nitrogen and oxygen atoms in total. The first-order valence-electron chi connectivity index (χ1n) is 10.3. The van der Waals surface area contributed by atoms with Crippen molar-refractivity contribution >= 4 is 41.0 Å². The van der Waals surface area contributed by atoms with Crippen LogP contribution < -0.4 is 0 Å². The quantitative estimate of drug-likeness (QED) is 0.365. The highest BCUT2D eigenvalue weighted by Crippen LogP contribution is 2.30. The molecule has 0 radical (unpaired) electrons. The molecule has 29 heavy (non-hydrogen) atoms. The van der Waals surface area contributed by atoms with E-state index < -0.39 is 41.0 Å². The Balaban J connectivity index is 5.54. The topological polar surface area (TPSA) is 105 Å². The summed E-state index contributed by atoms with van der Waals surface area (Å²) in [7, 11) is -6.22. The molecule has 10 heteroatoms. The molecule has 0 saturated heterocycles. The second-order valence-electron chi connectivity index (χ2n) is 7.26. The predicted octanol–water partition coefficient (Wildman–Crippen LogP) is 4.11. The van der Waals surface area contributed by atoms with Gasteiger partial charge in [0.25, 0.3) is 23.9 Å². The summed E-state index contributed by atoms with van der Waals surface area (Å²) in [5.74, 6) is -1.93. The lowest BCUT2D eigenvalue weighted by Gasteiger charge is -2.31. The van der Waals surface area contributed by atoms with E-state index in [1.165, 1.54) is 27.7 Å². The molecule has 0 aromatic heterocycles. The minimum Gasteiger partial charge on any atom is -0.485 e. The Morgan fingerprint density at radius 3 is 0.966 bits per heavy atom. The van der Waals surface area contributed by atoms with Crippen LogP contribution in [0.5, 0.6) is 0 Å². The van der Waals surface area contributed by atoms with Gasteiger partial charge in [-0.1, -0.05) is 26.7 Å². The normalized spacial score (nSPS) is 11.5. The first kappa shape index (κ1) is 27.3. The molecule has 0 fully saturated rings. The fourth-order valence-electron chi connectivity index (χ4n) is 3.27. The van der Waals surface area contributed by atoms with Crippen molar-refractivity contribution in [3.63, 3.8) is 0 Å². The first-order chi connectivity index (χ1) is 13.5. The molecule has 0 N–H and O–H groups in total. The van der Waals surface area contributed by atoms with Crippen molar-refractivity contribution in [1.29, 1.82) is 0 Å². The van der Waals surface area contributed by atoms with Crippen molar-refractivity contribution in [2.45, 2.75) is 97.8 Å². The lowest BCUT2D eigenvalue weighted by atomic mass is 10.4. The van der Waals surface area contributed by atoms with Gasteiger partial charge in [0.1, 0.15) is 0 Å². The fourth-order valence-corrected chi connectivity index (χ4v) is 10.3. The maximum absolute atomic E-state index is 11.7. The largest absolute Gasteiger partial charge is 0.485 e. The number of hydrogen-bond acceptors (Lipinski definition) is 8. The summed E-state index contributed by atoms with van der Waals surface area (Å²) in [6.45, 7) is 9.21. The van der Waals surface area contributed by atoms with Crippen molar-refractivity contribution in [2.75, 3.05) is 0 Å². The minimum absolute atomic E-state index is 0.371. The zero-order chi connectivity index (χ0) is 22.5. The van der Waals surface area contributed by atoms with E-state index in [2.05, 4.69) is 0 Å². The zero-order valence-corrected chi connectivity index (χ0v) is 20.6. The molecule has 0 spiro atoms. The van der Waals surface area contributed by atoms with Gasteiger partial charge in [0.15, 0.2) is 0 Å². The molecule has 0 aromatic carbocycles. The maximum Gasteiger partial charge on any atom is 0.464 e. The first-order valence-corrected chi connectivity index (χ1v) is 14.7. The van der Waals surface area contributed by atoms with Gasteiger partial charge >= 0.3 is 17.1 Å². The number of hydrogen-bond donors (Lipinski definition) is 0. The SMILES string of the molecule is CCCC[Si](CCC[Si](CCCC)(OC(C)=O)OC(C)=O)(OC(C)=O)OC(C)=O. The number of rotatable bonds is 14. The summed E-state index contributed by atoms with van der Waals surface area (Å²) in [6, 6.07) is 1.76. The fraction of sp³-hybridized carbons (Fsp3) is 0.789. The van der Waals surface area contributed by atoms with Gasteiger partial charge in [-0.3, -0.25) is 19.2 Å². The molecule has 0 aliphatic heterocycles. The number of carbonyl (C=O) groups is 4. The molecule has 0 aliphatic carbocycles. The van der Waals surface area contributed by atoms with E-state index in [0.717, 1.165) is 25.7 Å². The van der Waals surface area contributed by atoms with E-state index in [1.807, 2.05) is 13.8 Å². The van der Waals surface area contributed by atoms with Crippen LogP contribution in [0.1, 0.15) is 73.6 Å². The smallest absolute Gasteiger partial charge is 0.464 e. The lowest BCUT2D eigenvalue weighted by molar-refractivity contribution is -0.141. The standard InChI is InChI=1S/C19H36O8Si2/c1-7-9-12-28(24-16(3)20,25-17(4)21)14-11-15-29(13-10-8-2,26-18(5)22)27-19(6)23/h7-15H2,1-6H3. The lowest BCUT2D eigenvalue weighted by Crippen LogP contribution is -2.47. The molecule has 0 atom stereocenters. The predicted molar refractivity (Wildman–Crippen MR) is 112 cm³/mol. The molecule has 0 heterocycles. The van der Waals surface area contributed by atoms with Crippen LogP contribution in [-0.4, -0.2) is 41.0 Å². The van der Waals surface area contributed by atoms with Gasteiger partial charge in [0.05, 0.1) is 0 Å². The second-order valence-corrected chi connectivity index (χ2v) is 13.7. The number of unbranched alkanes of at least 4 members (excludes halogenated alkanes) is 2. The second kappa shape index (κ2) is 13.5. The average Bonchev–Trinajstić information content (AvgIpc) is 2.55. The Kier molecular flexibility index (Phi) is 12.7. The van der Waals surface area contributed by atoms with Crippen molar-refractivity contribution in [3.8, 4) is 0 Å². The van der Waals surface area contributed by atoms with E-state index in [0.29, 0.717) is 30.6 Å². The van der Waals surface area contributed by atoms with E-state index in [1.54, 1.807) is 0 Å². The summed E-state index contributed by atoms with van der Waals surface area (Å²) in [6.07, 6.45) is 3.73. The van der Waals surface area contributed by atoms with Crippen molar-refractivity contribution in [2.24, 2.45) is 0 Å². The molecule has 168 valence electrons. The van der Waals surface area contributed by atoms with E-state index in [4.69, 9.17) is 17.7 Å². The van der Waals surface area contributed by atoms with Crippen LogP contribution in [-0.2, 0) is 36.9 Å². The Morgan fingerprint density at radius 2 is 0.759 bits per heavy atom. The zero-order valence-electron chi connectivity index (χ0n) is 18.6. The third kappa shape index (κ3) is 11.8. The highest BCUT2D eigenvalue weighted by molar-refractivity contribution is 6.72. The maximum atomic E-state index is 11.7. The van der Waals surface area contributed by atoms with Crippen LogP contribution in [0.3, 0.4) is 0 Å².